The second kappa shape index (κ2) is 5.32. The maximum Gasteiger partial charge on any atom is 0.321 e. The summed E-state index contributed by atoms with van der Waals surface area (Å²) in [5.74, 6) is -1.59. The number of carboxylic acids is 1. The number of nitrogens with zero attached hydrogens (tertiary/aromatic N) is 1. The van der Waals surface area contributed by atoms with Gasteiger partial charge in [-0.25, -0.2) is 4.98 Å². The minimum absolute atomic E-state index is 0.0259. The van der Waals surface area contributed by atoms with Gasteiger partial charge in [-0.3, -0.25) is 9.59 Å². The van der Waals surface area contributed by atoms with Crippen LogP contribution in [0.15, 0.2) is 12.1 Å². The molecule has 0 aliphatic heterocycles. The normalized spacial score (nSPS) is 16.2. The molecule has 0 unspecified atom stereocenters. The molecule has 1 heterocycles. The summed E-state index contributed by atoms with van der Waals surface area (Å²) in [4.78, 5) is 34.9. The fourth-order valence-electron chi connectivity index (χ4n) is 2.40. The molecule has 3 N–H and O–H groups in total. The summed E-state index contributed by atoms with van der Waals surface area (Å²) < 4.78 is 0. The third-order valence-electron chi connectivity index (χ3n) is 3.68. The van der Waals surface area contributed by atoms with Crippen LogP contribution in [0.2, 0.25) is 0 Å². The van der Waals surface area contributed by atoms with Crippen molar-refractivity contribution in [2.45, 2.75) is 25.7 Å². The van der Waals surface area contributed by atoms with E-state index in [0.29, 0.717) is 0 Å². The molecule has 0 aromatic carbocycles. The van der Waals surface area contributed by atoms with Gasteiger partial charge in [-0.05, 0) is 29.2 Å². The molecular weight excluding hydrogens is 266 g/mol. The quantitative estimate of drug-likeness (QED) is 0.535. The second-order valence-corrected chi connectivity index (χ2v) is 5.12. The van der Waals surface area contributed by atoms with Gasteiger partial charge in [0.1, 0.15) is 0 Å². The fraction of sp³-hybridized carbons (Fsp3) is 0.500. The van der Waals surface area contributed by atoms with Gasteiger partial charge in [0.05, 0.1) is 6.42 Å². The molecule has 8 nitrogen and oxygen atoms in total. The molecule has 0 spiro atoms. The first kappa shape index (κ1) is 14.0. The fourth-order valence-corrected chi connectivity index (χ4v) is 2.40. The molecule has 1 fully saturated rings. The number of aromatic amines is 1. The molecule has 1 amide bonds. The molecule has 1 aliphatic rings. The zero-order valence-electron chi connectivity index (χ0n) is 10.7. The van der Waals surface area contributed by atoms with E-state index in [1.165, 1.54) is 12.1 Å². The van der Waals surface area contributed by atoms with Gasteiger partial charge in [0.25, 0.3) is 5.91 Å². The minimum atomic E-state index is -0.880. The van der Waals surface area contributed by atoms with Crippen LogP contribution in [0, 0.1) is 15.5 Å². The van der Waals surface area contributed by atoms with E-state index < -0.39 is 16.8 Å². The Morgan fingerprint density at radius 3 is 2.60 bits per heavy atom. The molecule has 1 aliphatic carbocycles. The lowest BCUT2D eigenvalue weighted by Gasteiger charge is -2.40. The van der Waals surface area contributed by atoms with E-state index in [1.807, 2.05) is 0 Å². The number of carboxylic acid groups (broad SMARTS) is 1. The van der Waals surface area contributed by atoms with Crippen molar-refractivity contribution in [3.8, 4) is 0 Å². The molecule has 0 atom stereocenters. The summed E-state index contributed by atoms with van der Waals surface area (Å²) in [5.41, 5.74) is -0.276. The highest BCUT2D eigenvalue weighted by Gasteiger charge is 2.39. The highest BCUT2D eigenvalue weighted by molar-refractivity contribution is 5.92. The number of nitro groups is 1. The zero-order chi connectivity index (χ0) is 14.8. The van der Waals surface area contributed by atoms with Gasteiger partial charge in [-0.1, -0.05) is 6.42 Å². The number of rotatable bonds is 6. The van der Waals surface area contributed by atoms with Crippen LogP contribution in [0.4, 0.5) is 5.82 Å². The summed E-state index contributed by atoms with van der Waals surface area (Å²) in [7, 11) is 0. The molecule has 0 saturated heterocycles. The Labute approximate surface area is 114 Å². The number of hydrogen-bond acceptors (Lipinski definition) is 4. The second-order valence-electron chi connectivity index (χ2n) is 5.12. The largest absolute Gasteiger partial charge is 0.481 e. The van der Waals surface area contributed by atoms with Crippen LogP contribution >= 0.6 is 0 Å². The molecule has 0 radical (unpaired) electrons. The smallest absolute Gasteiger partial charge is 0.321 e. The highest BCUT2D eigenvalue weighted by Crippen LogP contribution is 2.43. The predicted octanol–water partition coefficient (Wildman–Crippen LogP) is 1.30. The zero-order valence-corrected chi connectivity index (χ0v) is 10.7. The number of H-pyrrole nitrogens is 1. The summed E-state index contributed by atoms with van der Waals surface area (Å²) in [6, 6.07) is 2.55. The Morgan fingerprint density at radius 2 is 2.15 bits per heavy atom. The number of aliphatic carboxylic acids is 1. The Kier molecular flexibility index (Phi) is 3.73. The van der Waals surface area contributed by atoms with E-state index in [1.54, 1.807) is 0 Å². The van der Waals surface area contributed by atoms with Gasteiger partial charge < -0.3 is 20.5 Å². The summed E-state index contributed by atoms with van der Waals surface area (Å²) in [5, 5.41) is 22.0. The number of aromatic nitrogens is 1. The van der Waals surface area contributed by atoms with E-state index in [2.05, 4.69) is 10.3 Å². The van der Waals surface area contributed by atoms with Crippen molar-refractivity contribution < 1.29 is 19.6 Å². The molecule has 1 aromatic heterocycles. The van der Waals surface area contributed by atoms with Gasteiger partial charge in [-0.15, -0.1) is 0 Å². The molecular formula is C12H15N3O5. The standard InChI is InChI=1S/C12H15N3O5/c16-10(17)6-12(4-1-5-12)7-13-11(18)8-2-3-9(14-8)15(19)20/h2-3,14H,1,4-7H2,(H,13,18)(H,16,17). The summed E-state index contributed by atoms with van der Waals surface area (Å²) in [6.07, 6.45) is 2.52. The molecule has 1 saturated carbocycles. The van der Waals surface area contributed by atoms with Gasteiger partial charge >= 0.3 is 11.8 Å². The van der Waals surface area contributed by atoms with Crippen LogP contribution in [-0.4, -0.2) is 33.4 Å². The average Bonchev–Trinajstić information content (AvgIpc) is 2.81. The Bertz CT molecular complexity index is 547. The van der Waals surface area contributed by atoms with Gasteiger partial charge in [-0.2, -0.15) is 0 Å². The SMILES string of the molecule is O=C(O)CC1(CNC(=O)c2ccc([N+](=O)[O-])[nH]2)CCC1. The van der Waals surface area contributed by atoms with Crippen LogP contribution in [0.1, 0.15) is 36.2 Å². The summed E-state index contributed by atoms with van der Waals surface area (Å²) in [6.45, 7) is 0.269. The third kappa shape index (κ3) is 2.95. The van der Waals surface area contributed by atoms with E-state index >= 15 is 0 Å². The lowest BCUT2D eigenvalue weighted by Crippen LogP contribution is -2.43. The van der Waals surface area contributed by atoms with Crippen molar-refractivity contribution in [1.82, 2.24) is 10.3 Å². The van der Waals surface area contributed by atoms with Crippen LogP contribution in [-0.2, 0) is 4.79 Å². The maximum atomic E-state index is 11.8. The van der Waals surface area contributed by atoms with Crippen molar-refractivity contribution >= 4 is 17.7 Å². The Morgan fingerprint density at radius 1 is 1.45 bits per heavy atom. The Hall–Kier alpha value is -2.38. The minimum Gasteiger partial charge on any atom is -0.481 e. The first-order chi connectivity index (χ1) is 9.42. The van der Waals surface area contributed by atoms with E-state index in [-0.39, 0.29) is 29.9 Å². The molecule has 2 rings (SSSR count). The number of nitrogens with one attached hydrogen (secondary N) is 2. The average molecular weight is 281 g/mol. The lowest BCUT2D eigenvalue weighted by molar-refractivity contribution is -0.389. The van der Waals surface area contributed by atoms with Crippen molar-refractivity contribution in [2.24, 2.45) is 5.41 Å². The van der Waals surface area contributed by atoms with Gasteiger partial charge in [0.2, 0.25) is 0 Å². The van der Waals surface area contributed by atoms with Crippen molar-refractivity contribution in [3.05, 3.63) is 27.9 Å². The molecule has 8 heteroatoms. The number of carbonyl (C=O) groups excluding carboxylic acids is 1. The first-order valence-corrected chi connectivity index (χ1v) is 6.25. The van der Waals surface area contributed by atoms with E-state index in [4.69, 9.17) is 5.11 Å². The molecule has 20 heavy (non-hydrogen) atoms. The van der Waals surface area contributed by atoms with Crippen LogP contribution in [0.3, 0.4) is 0 Å². The number of amides is 1. The van der Waals surface area contributed by atoms with Gasteiger partial charge in [0, 0.05) is 12.6 Å². The number of hydrogen-bond donors (Lipinski definition) is 3. The van der Waals surface area contributed by atoms with Crippen LogP contribution < -0.4 is 5.32 Å². The van der Waals surface area contributed by atoms with Crippen LogP contribution in [0.5, 0.6) is 0 Å². The van der Waals surface area contributed by atoms with Crippen molar-refractivity contribution in [1.29, 1.82) is 0 Å². The first-order valence-electron chi connectivity index (χ1n) is 6.25. The molecule has 1 aromatic rings. The van der Waals surface area contributed by atoms with Crippen molar-refractivity contribution in [2.75, 3.05) is 6.54 Å². The molecule has 0 bridgehead atoms. The lowest BCUT2D eigenvalue weighted by atomic mass is 9.66. The predicted molar refractivity (Wildman–Crippen MR) is 68.3 cm³/mol. The van der Waals surface area contributed by atoms with Crippen LogP contribution in [0.25, 0.3) is 0 Å². The Balaban J connectivity index is 1.94. The highest BCUT2D eigenvalue weighted by atomic mass is 16.6. The van der Waals surface area contributed by atoms with Gasteiger partial charge in [0.15, 0.2) is 5.69 Å². The maximum absolute atomic E-state index is 11.8. The van der Waals surface area contributed by atoms with E-state index in [9.17, 15) is 19.7 Å². The molecule has 108 valence electrons. The number of carbonyl (C=O) groups is 2. The third-order valence-corrected chi connectivity index (χ3v) is 3.68. The van der Waals surface area contributed by atoms with E-state index in [0.717, 1.165) is 19.3 Å². The summed E-state index contributed by atoms with van der Waals surface area (Å²) >= 11 is 0. The van der Waals surface area contributed by atoms with Crippen molar-refractivity contribution in [3.63, 3.8) is 0 Å². The topological polar surface area (TPSA) is 125 Å². The monoisotopic (exact) mass is 281 g/mol.